The molecule has 3 rings (SSSR count). The molecule has 0 aliphatic rings. The number of pyridine rings is 2. The lowest BCUT2D eigenvalue weighted by molar-refractivity contribution is -0.384. The molecule has 0 saturated carbocycles. The Morgan fingerprint density at radius 3 is 2.58 bits per heavy atom. The largest absolute Gasteiger partial charge is 0.342 e. The highest BCUT2D eigenvalue weighted by Gasteiger charge is 2.22. The van der Waals surface area contributed by atoms with E-state index in [1.165, 1.54) is 0 Å². The fraction of sp³-hybridized carbons (Fsp3) is 0.200. The van der Waals surface area contributed by atoms with Crippen molar-refractivity contribution in [2.24, 2.45) is 0 Å². The van der Waals surface area contributed by atoms with Gasteiger partial charge in [-0.15, -0.1) is 0 Å². The van der Waals surface area contributed by atoms with Crippen molar-refractivity contribution in [3.8, 4) is 0 Å². The van der Waals surface area contributed by atoms with Gasteiger partial charge in [0.15, 0.2) is 0 Å². The maximum Gasteiger partial charge on any atom is 0.311 e. The van der Waals surface area contributed by atoms with Gasteiger partial charge in [-0.1, -0.05) is 30.3 Å². The number of aryl methyl sites for hydroxylation is 2. The molecule has 0 saturated heterocycles. The van der Waals surface area contributed by atoms with Crippen LogP contribution in [0.3, 0.4) is 0 Å². The third-order valence-corrected chi connectivity index (χ3v) is 4.20. The molecule has 3 aromatic rings. The smallest absolute Gasteiger partial charge is 0.311 e. The Morgan fingerprint density at radius 2 is 1.88 bits per heavy atom. The van der Waals surface area contributed by atoms with Crippen LogP contribution in [0.1, 0.15) is 22.3 Å². The Morgan fingerprint density at radius 1 is 1.08 bits per heavy atom. The third-order valence-electron chi connectivity index (χ3n) is 4.20. The van der Waals surface area contributed by atoms with E-state index in [0.29, 0.717) is 18.9 Å². The molecule has 2 heterocycles. The number of hydrogen-bond donors (Lipinski definition) is 0. The number of hydrogen-bond acceptors (Lipinski definition) is 5. The summed E-state index contributed by atoms with van der Waals surface area (Å²) in [4.78, 5) is 21.7. The van der Waals surface area contributed by atoms with Crippen LogP contribution in [0.4, 0.5) is 11.5 Å². The van der Waals surface area contributed by atoms with E-state index < -0.39 is 0 Å². The normalized spacial score (nSPS) is 10.5. The molecule has 0 amide bonds. The fourth-order valence-electron chi connectivity index (χ4n) is 2.84. The Kier molecular flexibility index (Phi) is 5.22. The number of anilines is 1. The summed E-state index contributed by atoms with van der Waals surface area (Å²) < 4.78 is 0. The van der Waals surface area contributed by atoms with E-state index in [1.54, 1.807) is 31.6 Å². The Bertz CT molecular complexity index is 913. The SMILES string of the molecule is Cc1cnc(N(Cc2cccnc2)Cc2ccccc2C)c([N+](=O)[O-])c1. The van der Waals surface area contributed by atoms with Gasteiger partial charge in [0.1, 0.15) is 0 Å². The summed E-state index contributed by atoms with van der Waals surface area (Å²) in [6.07, 6.45) is 5.14. The predicted octanol–water partition coefficient (Wildman–Crippen LogP) is 4.21. The fourth-order valence-corrected chi connectivity index (χ4v) is 2.84. The van der Waals surface area contributed by atoms with Crippen LogP contribution < -0.4 is 4.90 Å². The van der Waals surface area contributed by atoms with E-state index in [9.17, 15) is 10.1 Å². The van der Waals surface area contributed by atoms with Crippen LogP contribution in [0.25, 0.3) is 0 Å². The van der Waals surface area contributed by atoms with Crippen molar-refractivity contribution in [3.63, 3.8) is 0 Å². The van der Waals surface area contributed by atoms with Crippen molar-refractivity contribution in [1.29, 1.82) is 0 Å². The van der Waals surface area contributed by atoms with Crippen LogP contribution in [-0.2, 0) is 13.1 Å². The Hall–Kier alpha value is -3.28. The zero-order valence-corrected chi connectivity index (χ0v) is 14.8. The molecule has 0 radical (unpaired) electrons. The maximum absolute atomic E-state index is 11.6. The highest BCUT2D eigenvalue weighted by molar-refractivity contribution is 5.59. The van der Waals surface area contributed by atoms with E-state index in [1.807, 2.05) is 48.2 Å². The number of aromatic nitrogens is 2. The average molecular weight is 348 g/mol. The Balaban J connectivity index is 2.03. The molecule has 0 bridgehead atoms. The first-order valence-corrected chi connectivity index (χ1v) is 8.34. The van der Waals surface area contributed by atoms with Gasteiger partial charge in [-0.25, -0.2) is 4.98 Å². The molecule has 6 heteroatoms. The van der Waals surface area contributed by atoms with Crippen molar-refractivity contribution in [2.75, 3.05) is 4.90 Å². The number of rotatable bonds is 6. The summed E-state index contributed by atoms with van der Waals surface area (Å²) in [5.41, 5.74) is 3.99. The molecule has 0 spiro atoms. The zero-order valence-electron chi connectivity index (χ0n) is 14.8. The molecule has 1 aromatic carbocycles. The molecule has 6 nitrogen and oxygen atoms in total. The molecular weight excluding hydrogens is 328 g/mol. The van der Waals surface area contributed by atoms with Crippen molar-refractivity contribution < 1.29 is 4.92 Å². The predicted molar refractivity (Wildman–Crippen MR) is 101 cm³/mol. The summed E-state index contributed by atoms with van der Waals surface area (Å²) in [5.74, 6) is 0.368. The molecule has 26 heavy (non-hydrogen) atoms. The van der Waals surface area contributed by atoms with Crippen LogP contribution in [0.5, 0.6) is 0 Å². The van der Waals surface area contributed by atoms with Gasteiger partial charge in [-0.05, 0) is 42.2 Å². The second kappa shape index (κ2) is 7.74. The van der Waals surface area contributed by atoms with Gasteiger partial charge in [0, 0.05) is 37.7 Å². The van der Waals surface area contributed by atoms with Crippen molar-refractivity contribution in [1.82, 2.24) is 9.97 Å². The first-order valence-electron chi connectivity index (χ1n) is 8.34. The highest BCUT2D eigenvalue weighted by Crippen LogP contribution is 2.29. The minimum atomic E-state index is -0.372. The van der Waals surface area contributed by atoms with Gasteiger partial charge in [0.05, 0.1) is 4.92 Å². The quantitative estimate of drug-likeness (QED) is 0.493. The summed E-state index contributed by atoms with van der Waals surface area (Å²) in [6.45, 7) is 4.85. The first kappa shape index (κ1) is 17.5. The zero-order chi connectivity index (χ0) is 18.5. The van der Waals surface area contributed by atoms with Crippen molar-refractivity contribution in [2.45, 2.75) is 26.9 Å². The van der Waals surface area contributed by atoms with Gasteiger partial charge >= 0.3 is 5.69 Å². The standard InChI is InChI=1S/C20H20N4O2/c1-15-10-19(24(25)26)20(22-11-15)23(13-17-7-5-9-21-12-17)14-18-8-4-3-6-16(18)2/h3-12H,13-14H2,1-2H3. The Labute approximate surface area is 152 Å². The molecule has 0 N–H and O–H groups in total. The molecule has 0 aliphatic heterocycles. The molecule has 132 valence electrons. The summed E-state index contributed by atoms with van der Waals surface area (Å²) in [7, 11) is 0. The van der Waals surface area contributed by atoms with E-state index in [-0.39, 0.29) is 10.6 Å². The molecule has 0 atom stereocenters. The summed E-state index contributed by atoms with van der Waals surface area (Å²) in [5, 5.41) is 11.6. The van der Waals surface area contributed by atoms with E-state index >= 15 is 0 Å². The lowest BCUT2D eigenvalue weighted by Gasteiger charge is -2.24. The average Bonchev–Trinajstić information content (AvgIpc) is 2.64. The van der Waals surface area contributed by atoms with Crippen LogP contribution >= 0.6 is 0 Å². The molecule has 0 fully saturated rings. The number of nitro groups is 1. The van der Waals surface area contributed by atoms with E-state index in [4.69, 9.17) is 0 Å². The van der Waals surface area contributed by atoms with Gasteiger partial charge in [0.25, 0.3) is 0 Å². The lowest BCUT2D eigenvalue weighted by Crippen LogP contribution is -2.24. The second-order valence-corrected chi connectivity index (χ2v) is 6.26. The van der Waals surface area contributed by atoms with Gasteiger partial charge in [-0.2, -0.15) is 0 Å². The minimum absolute atomic E-state index is 0.0162. The number of nitrogens with zero attached hydrogens (tertiary/aromatic N) is 4. The topological polar surface area (TPSA) is 72.2 Å². The van der Waals surface area contributed by atoms with E-state index in [0.717, 1.165) is 22.3 Å². The molecule has 0 aliphatic carbocycles. The molecular formula is C20H20N4O2. The third kappa shape index (κ3) is 4.03. The van der Waals surface area contributed by atoms with E-state index in [2.05, 4.69) is 9.97 Å². The summed E-state index contributed by atoms with van der Waals surface area (Å²) >= 11 is 0. The van der Waals surface area contributed by atoms with Crippen molar-refractivity contribution >= 4 is 11.5 Å². The van der Waals surface area contributed by atoms with Gasteiger partial charge in [-0.3, -0.25) is 15.1 Å². The minimum Gasteiger partial charge on any atom is -0.342 e. The van der Waals surface area contributed by atoms with Crippen LogP contribution in [-0.4, -0.2) is 14.9 Å². The second-order valence-electron chi connectivity index (χ2n) is 6.26. The van der Waals surface area contributed by atoms with Crippen molar-refractivity contribution in [3.05, 3.63) is 93.4 Å². The molecule has 0 unspecified atom stereocenters. The summed E-state index contributed by atoms with van der Waals surface area (Å²) in [6, 6.07) is 13.4. The lowest BCUT2D eigenvalue weighted by atomic mass is 10.1. The highest BCUT2D eigenvalue weighted by atomic mass is 16.6. The monoisotopic (exact) mass is 348 g/mol. The molecule has 2 aromatic heterocycles. The maximum atomic E-state index is 11.6. The van der Waals surface area contributed by atoms with Crippen LogP contribution in [0, 0.1) is 24.0 Å². The number of benzene rings is 1. The first-order chi connectivity index (χ1) is 12.5. The van der Waals surface area contributed by atoms with Gasteiger partial charge in [0.2, 0.25) is 5.82 Å². The van der Waals surface area contributed by atoms with Crippen LogP contribution in [0.15, 0.2) is 61.1 Å². The van der Waals surface area contributed by atoms with Crippen LogP contribution in [0.2, 0.25) is 0 Å². The van der Waals surface area contributed by atoms with Gasteiger partial charge < -0.3 is 4.90 Å².